The minimum atomic E-state index is -3.90. The lowest BCUT2D eigenvalue weighted by molar-refractivity contribution is -0.119. The van der Waals surface area contributed by atoms with Crippen LogP contribution in [-0.4, -0.2) is 40.1 Å². The Morgan fingerprint density at radius 1 is 1.12 bits per heavy atom. The number of hydrogen-bond acceptors (Lipinski definition) is 6. The van der Waals surface area contributed by atoms with Crippen molar-refractivity contribution < 1.29 is 27.5 Å². The number of benzene rings is 2. The van der Waals surface area contributed by atoms with Gasteiger partial charge in [0.15, 0.2) is 6.61 Å². The minimum Gasteiger partial charge on any atom is -0.495 e. The number of hydrogen-bond donors (Lipinski definition) is 2. The maximum atomic E-state index is 12.9. The molecule has 1 amide bonds. The summed E-state index contributed by atoms with van der Waals surface area (Å²) < 4.78 is 38.7. The summed E-state index contributed by atoms with van der Waals surface area (Å²) in [6, 6.07) is 7.40. The van der Waals surface area contributed by atoms with E-state index >= 15 is 0 Å². The Bertz CT molecular complexity index is 1140. The van der Waals surface area contributed by atoms with E-state index in [0.717, 1.165) is 36.8 Å². The van der Waals surface area contributed by atoms with Gasteiger partial charge in [0.25, 0.3) is 5.91 Å². The molecule has 0 radical (unpaired) electrons. The fourth-order valence-electron chi connectivity index (χ4n) is 3.80. The second kappa shape index (κ2) is 10.5. The van der Waals surface area contributed by atoms with Gasteiger partial charge in [0.2, 0.25) is 10.0 Å². The average Bonchev–Trinajstić information content (AvgIpc) is 3.26. The van der Waals surface area contributed by atoms with E-state index in [1.807, 2.05) is 13.0 Å². The second-order valence-corrected chi connectivity index (χ2v) is 10.1. The lowest BCUT2D eigenvalue weighted by atomic mass is 10.1. The fourth-order valence-corrected chi connectivity index (χ4v) is 5.67. The van der Waals surface area contributed by atoms with Crippen molar-refractivity contribution >= 4 is 39.2 Å². The van der Waals surface area contributed by atoms with Crippen molar-refractivity contribution in [2.24, 2.45) is 0 Å². The predicted molar refractivity (Wildman–Crippen MR) is 125 cm³/mol. The Kier molecular flexibility index (Phi) is 7.99. The molecule has 0 heterocycles. The molecule has 0 spiro atoms. The van der Waals surface area contributed by atoms with Crippen LogP contribution in [0.5, 0.6) is 5.75 Å². The topological polar surface area (TPSA) is 111 Å². The van der Waals surface area contributed by atoms with Crippen LogP contribution in [0, 0.1) is 13.8 Å². The zero-order valence-corrected chi connectivity index (χ0v) is 20.3. The van der Waals surface area contributed by atoms with Gasteiger partial charge in [-0.2, -0.15) is 0 Å². The van der Waals surface area contributed by atoms with Crippen LogP contribution in [0.15, 0.2) is 35.2 Å². The van der Waals surface area contributed by atoms with Gasteiger partial charge in [0.1, 0.15) is 10.6 Å². The number of esters is 1. The molecule has 178 valence electrons. The standard InChI is InChI=1S/C23H27ClN2O6S/c1-14-10-15(2)22(18(24)11-14)25-21(27)13-32-23(28)16-8-9-19(31-3)20(12-16)33(29,30)26-17-6-4-5-7-17/h8-12,17,26H,4-7,13H2,1-3H3,(H,25,27). The van der Waals surface area contributed by atoms with E-state index in [2.05, 4.69) is 10.0 Å². The molecule has 8 nitrogen and oxygen atoms in total. The van der Waals surface area contributed by atoms with Gasteiger partial charge in [-0.1, -0.05) is 30.5 Å². The molecule has 1 aliphatic rings. The van der Waals surface area contributed by atoms with Crippen molar-refractivity contribution in [1.82, 2.24) is 4.72 Å². The van der Waals surface area contributed by atoms with Crippen LogP contribution in [0.4, 0.5) is 5.69 Å². The third-order valence-corrected chi connectivity index (χ3v) is 7.24. The summed E-state index contributed by atoms with van der Waals surface area (Å²) >= 11 is 6.19. The molecule has 0 bridgehead atoms. The number of methoxy groups -OCH3 is 1. The second-order valence-electron chi connectivity index (χ2n) is 8.03. The molecule has 3 rings (SSSR count). The number of anilines is 1. The Labute approximate surface area is 198 Å². The number of rotatable bonds is 8. The highest BCUT2D eigenvalue weighted by Crippen LogP contribution is 2.28. The van der Waals surface area contributed by atoms with Gasteiger partial charge in [0, 0.05) is 6.04 Å². The third kappa shape index (κ3) is 6.25. The molecular formula is C23H27ClN2O6S. The minimum absolute atomic E-state index is 0.0139. The summed E-state index contributed by atoms with van der Waals surface area (Å²) in [5.74, 6) is -1.29. The summed E-state index contributed by atoms with van der Waals surface area (Å²) in [5, 5.41) is 3.01. The number of sulfonamides is 1. The van der Waals surface area contributed by atoms with Gasteiger partial charge < -0.3 is 14.8 Å². The van der Waals surface area contributed by atoms with E-state index in [9.17, 15) is 18.0 Å². The fraction of sp³-hybridized carbons (Fsp3) is 0.391. The number of carbonyl (C=O) groups excluding carboxylic acids is 2. The average molecular weight is 495 g/mol. The first-order valence-electron chi connectivity index (χ1n) is 10.5. The number of amides is 1. The highest BCUT2D eigenvalue weighted by Gasteiger charge is 2.27. The number of aryl methyl sites for hydroxylation is 2. The summed E-state index contributed by atoms with van der Waals surface area (Å²) in [6.07, 6.45) is 3.46. The molecule has 1 aliphatic carbocycles. The first-order valence-corrected chi connectivity index (χ1v) is 12.4. The summed E-state index contributed by atoms with van der Waals surface area (Å²) in [7, 11) is -2.55. The number of nitrogens with one attached hydrogen (secondary N) is 2. The van der Waals surface area contributed by atoms with Gasteiger partial charge in [-0.3, -0.25) is 4.79 Å². The maximum absolute atomic E-state index is 12.9. The first kappa shape index (κ1) is 25.0. The third-order valence-electron chi connectivity index (χ3n) is 5.40. The van der Waals surface area contributed by atoms with Crippen molar-refractivity contribution in [2.75, 3.05) is 19.0 Å². The van der Waals surface area contributed by atoms with E-state index in [0.29, 0.717) is 10.7 Å². The van der Waals surface area contributed by atoms with Crippen LogP contribution in [0.3, 0.4) is 0 Å². The van der Waals surface area contributed by atoms with Crippen LogP contribution in [0.25, 0.3) is 0 Å². The summed E-state index contributed by atoms with van der Waals surface area (Å²) in [4.78, 5) is 24.6. The van der Waals surface area contributed by atoms with Crippen LogP contribution >= 0.6 is 11.6 Å². The van der Waals surface area contributed by atoms with Gasteiger partial charge in [-0.05, 0) is 62.1 Å². The molecule has 10 heteroatoms. The van der Waals surface area contributed by atoms with Crippen molar-refractivity contribution in [3.63, 3.8) is 0 Å². The zero-order valence-electron chi connectivity index (χ0n) is 18.7. The highest BCUT2D eigenvalue weighted by molar-refractivity contribution is 7.89. The molecule has 1 fully saturated rings. The maximum Gasteiger partial charge on any atom is 0.338 e. The van der Waals surface area contributed by atoms with E-state index in [1.165, 1.54) is 25.3 Å². The monoisotopic (exact) mass is 494 g/mol. The van der Waals surface area contributed by atoms with E-state index in [-0.39, 0.29) is 22.3 Å². The van der Waals surface area contributed by atoms with E-state index in [4.69, 9.17) is 21.1 Å². The Hall–Kier alpha value is -2.62. The van der Waals surface area contributed by atoms with Crippen molar-refractivity contribution in [2.45, 2.75) is 50.5 Å². The molecular weight excluding hydrogens is 468 g/mol. The molecule has 0 atom stereocenters. The van der Waals surface area contributed by atoms with Gasteiger partial charge in [-0.15, -0.1) is 0 Å². The van der Waals surface area contributed by atoms with Crippen LogP contribution in [0.1, 0.15) is 47.2 Å². The number of carbonyl (C=O) groups is 2. The summed E-state index contributed by atoms with van der Waals surface area (Å²) in [5.41, 5.74) is 2.16. The Morgan fingerprint density at radius 3 is 2.45 bits per heavy atom. The first-order chi connectivity index (χ1) is 15.6. The molecule has 2 N–H and O–H groups in total. The molecule has 1 saturated carbocycles. The molecule has 0 saturated heterocycles. The van der Waals surface area contributed by atoms with Gasteiger partial charge >= 0.3 is 5.97 Å². The molecule has 0 unspecified atom stereocenters. The van der Waals surface area contributed by atoms with Crippen LogP contribution < -0.4 is 14.8 Å². The SMILES string of the molecule is COc1ccc(C(=O)OCC(=O)Nc2c(C)cc(C)cc2Cl)cc1S(=O)(=O)NC1CCCC1. The largest absolute Gasteiger partial charge is 0.495 e. The highest BCUT2D eigenvalue weighted by atomic mass is 35.5. The zero-order chi connectivity index (χ0) is 24.2. The van der Waals surface area contributed by atoms with E-state index in [1.54, 1.807) is 13.0 Å². The molecule has 2 aromatic rings. The molecule has 2 aromatic carbocycles. The molecule has 0 aromatic heterocycles. The van der Waals surface area contributed by atoms with Gasteiger partial charge in [0.05, 0.1) is 23.4 Å². The Morgan fingerprint density at radius 2 is 1.82 bits per heavy atom. The lowest BCUT2D eigenvalue weighted by Crippen LogP contribution is -2.33. The van der Waals surface area contributed by atoms with Crippen molar-refractivity contribution in [3.05, 3.63) is 52.0 Å². The van der Waals surface area contributed by atoms with Crippen molar-refractivity contribution in [1.29, 1.82) is 0 Å². The summed E-state index contributed by atoms with van der Waals surface area (Å²) in [6.45, 7) is 3.13. The molecule has 33 heavy (non-hydrogen) atoms. The number of halogens is 1. The predicted octanol–water partition coefficient (Wildman–Crippen LogP) is 3.98. The lowest BCUT2D eigenvalue weighted by Gasteiger charge is -2.15. The van der Waals surface area contributed by atoms with Crippen LogP contribution in [0.2, 0.25) is 5.02 Å². The smallest absolute Gasteiger partial charge is 0.338 e. The normalized spacial score (nSPS) is 14.2. The quantitative estimate of drug-likeness (QED) is 0.537. The number of ether oxygens (including phenoxy) is 2. The van der Waals surface area contributed by atoms with Gasteiger partial charge in [-0.25, -0.2) is 17.9 Å². The van der Waals surface area contributed by atoms with Crippen LogP contribution in [-0.2, 0) is 19.6 Å². The Balaban J connectivity index is 1.70. The molecule has 0 aliphatic heterocycles. The van der Waals surface area contributed by atoms with E-state index < -0.39 is 28.5 Å². The van der Waals surface area contributed by atoms with Crippen molar-refractivity contribution in [3.8, 4) is 5.75 Å².